The predicted molar refractivity (Wildman–Crippen MR) is 150 cm³/mol. The van der Waals surface area contributed by atoms with Crippen molar-refractivity contribution in [2.75, 3.05) is 0 Å². The fraction of sp³-hybridized carbons (Fsp3) is 0.0625. The largest absolute Gasteiger partial charge is 0.457 e. The number of rotatable bonds is 2. The average molecular weight is 479 g/mol. The second kappa shape index (κ2) is 7.31. The maximum Gasteiger partial charge on any atom is 0.145 e. The number of imidazole rings is 2. The average Bonchev–Trinajstić information content (AvgIpc) is 3.61. The van der Waals surface area contributed by atoms with Crippen molar-refractivity contribution < 1.29 is 4.74 Å². The number of pyridine rings is 2. The number of benzene rings is 4. The number of aryl methyl sites for hydroxylation is 2. The van der Waals surface area contributed by atoms with E-state index in [2.05, 4.69) is 88.3 Å². The van der Waals surface area contributed by atoms with Gasteiger partial charge in [-0.25, -0.2) is 9.97 Å². The molecule has 8 aromatic rings. The number of aromatic nitrogens is 4. The van der Waals surface area contributed by atoms with Gasteiger partial charge in [0.05, 0.1) is 11.0 Å². The second-order valence-corrected chi connectivity index (χ2v) is 9.73. The molecule has 0 saturated carbocycles. The van der Waals surface area contributed by atoms with Crippen LogP contribution in [0.3, 0.4) is 0 Å². The third-order valence-corrected chi connectivity index (χ3v) is 7.60. The lowest BCUT2D eigenvalue weighted by Gasteiger charge is -2.13. The normalized spacial score (nSPS) is 12.1. The smallest absolute Gasteiger partial charge is 0.145 e. The van der Waals surface area contributed by atoms with Crippen molar-refractivity contribution in [2.24, 2.45) is 0 Å². The summed E-state index contributed by atoms with van der Waals surface area (Å²) in [6.45, 7) is 4.32. The quantitative estimate of drug-likeness (QED) is 0.236. The molecule has 0 unspecified atom stereocenters. The molecule has 0 aliphatic rings. The molecule has 0 spiro atoms. The van der Waals surface area contributed by atoms with E-state index in [0.717, 1.165) is 44.5 Å². The Morgan fingerprint density at radius 2 is 1.14 bits per heavy atom. The zero-order valence-corrected chi connectivity index (χ0v) is 20.4. The molecule has 37 heavy (non-hydrogen) atoms. The Hall–Kier alpha value is -4.90. The van der Waals surface area contributed by atoms with Crippen LogP contribution in [0, 0.1) is 13.8 Å². The molecule has 4 heterocycles. The Kier molecular flexibility index (Phi) is 4.01. The number of fused-ring (bicyclic) bond motifs is 12. The van der Waals surface area contributed by atoms with Crippen LogP contribution < -0.4 is 4.74 Å². The van der Waals surface area contributed by atoms with Gasteiger partial charge in [-0.1, -0.05) is 18.2 Å². The second-order valence-electron chi connectivity index (χ2n) is 9.73. The van der Waals surface area contributed by atoms with Crippen LogP contribution in [0.2, 0.25) is 0 Å². The summed E-state index contributed by atoms with van der Waals surface area (Å²) in [7, 11) is 0. The van der Waals surface area contributed by atoms with Gasteiger partial charge in [0.25, 0.3) is 0 Å². The van der Waals surface area contributed by atoms with Crippen LogP contribution in [0.1, 0.15) is 11.1 Å². The molecule has 0 radical (unpaired) electrons. The van der Waals surface area contributed by atoms with Crippen molar-refractivity contribution in [3.8, 4) is 11.5 Å². The summed E-state index contributed by atoms with van der Waals surface area (Å²) in [6.07, 6.45) is 7.75. The van der Waals surface area contributed by atoms with Gasteiger partial charge in [-0.05, 0) is 90.3 Å². The zero-order chi connectivity index (χ0) is 24.7. The molecule has 8 rings (SSSR count). The lowest BCUT2D eigenvalue weighted by atomic mass is 10.0. The van der Waals surface area contributed by atoms with Crippen LogP contribution in [0.4, 0.5) is 0 Å². The van der Waals surface area contributed by atoms with Gasteiger partial charge in [0.2, 0.25) is 0 Å². The first-order valence-electron chi connectivity index (χ1n) is 12.4. The predicted octanol–water partition coefficient (Wildman–Crippen LogP) is 8.00. The lowest BCUT2D eigenvalue weighted by molar-refractivity contribution is 0.484. The van der Waals surface area contributed by atoms with Gasteiger partial charge in [-0.3, -0.25) is 8.80 Å². The summed E-state index contributed by atoms with van der Waals surface area (Å²) >= 11 is 0. The maximum absolute atomic E-state index is 6.44. The van der Waals surface area contributed by atoms with Gasteiger partial charge in [0, 0.05) is 46.3 Å². The first-order chi connectivity index (χ1) is 18.2. The highest BCUT2D eigenvalue weighted by Gasteiger charge is 2.14. The Morgan fingerprint density at radius 3 is 1.84 bits per heavy atom. The van der Waals surface area contributed by atoms with Crippen molar-refractivity contribution in [3.05, 3.63) is 109 Å². The molecule has 0 amide bonds. The molecular formula is C32H22N4O. The lowest BCUT2D eigenvalue weighted by Crippen LogP contribution is -1.94. The number of ether oxygens (including phenoxy) is 1. The fourth-order valence-electron chi connectivity index (χ4n) is 5.67. The van der Waals surface area contributed by atoms with E-state index in [0.29, 0.717) is 0 Å². The molecule has 0 fully saturated rings. The number of nitrogens with zero attached hydrogens (tertiary/aromatic N) is 4. The fourth-order valence-corrected chi connectivity index (χ4v) is 5.67. The van der Waals surface area contributed by atoms with E-state index in [1.165, 1.54) is 32.8 Å². The van der Waals surface area contributed by atoms with E-state index in [4.69, 9.17) is 9.72 Å². The van der Waals surface area contributed by atoms with Crippen LogP contribution >= 0.6 is 0 Å². The molecule has 0 aliphatic heterocycles. The molecule has 176 valence electrons. The summed E-state index contributed by atoms with van der Waals surface area (Å²) in [5.41, 5.74) is 6.73. The Bertz CT molecular complexity index is 2200. The summed E-state index contributed by atoms with van der Waals surface area (Å²) in [6, 6.07) is 25.5. The molecule has 0 atom stereocenters. The zero-order valence-electron chi connectivity index (χ0n) is 20.4. The molecular weight excluding hydrogens is 456 g/mol. The summed E-state index contributed by atoms with van der Waals surface area (Å²) in [4.78, 5) is 9.34. The summed E-state index contributed by atoms with van der Waals surface area (Å²) in [5.74, 6) is 1.55. The minimum Gasteiger partial charge on any atom is -0.457 e. The first kappa shape index (κ1) is 20.3. The van der Waals surface area contributed by atoms with Crippen LogP contribution in [-0.4, -0.2) is 18.8 Å². The van der Waals surface area contributed by atoms with Crippen LogP contribution in [0.15, 0.2) is 97.6 Å². The van der Waals surface area contributed by atoms with E-state index >= 15 is 0 Å². The van der Waals surface area contributed by atoms with Crippen molar-refractivity contribution in [2.45, 2.75) is 13.8 Å². The minimum atomic E-state index is 0.777. The Balaban J connectivity index is 1.31. The third-order valence-electron chi connectivity index (χ3n) is 7.60. The molecule has 5 heteroatoms. The van der Waals surface area contributed by atoms with Gasteiger partial charge in [-0.2, -0.15) is 0 Å². The maximum atomic E-state index is 6.44. The highest BCUT2D eigenvalue weighted by atomic mass is 16.5. The van der Waals surface area contributed by atoms with Crippen molar-refractivity contribution in [3.63, 3.8) is 0 Å². The Morgan fingerprint density at radius 1 is 0.541 bits per heavy atom. The standard InChI is InChI=1S/C32H22N4O/c1-19-15-26-24-10-8-22(18-28(24)32-34-12-14-36(32)30(26)16-20(19)2)37-21-7-9-23-25-5-3-4-6-29(25)35-13-11-33-31(35)27(23)17-21/h3-18H,1-2H3. The SMILES string of the molecule is Cc1cc2c3ccc(Oc4ccc5c6ccccc6n6ccnc6c5c4)cc3c3nccn3c2cc1C. The first-order valence-corrected chi connectivity index (χ1v) is 12.4. The molecule has 5 nitrogen and oxygen atoms in total. The summed E-state index contributed by atoms with van der Waals surface area (Å²) in [5, 5.41) is 6.88. The number of para-hydroxylation sites is 1. The van der Waals surface area contributed by atoms with E-state index in [1.54, 1.807) is 0 Å². The highest BCUT2D eigenvalue weighted by Crippen LogP contribution is 2.36. The number of hydrogen-bond acceptors (Lipinski definition) is 3. The van der Waals surface area contributed by atoms with E-state index in [9.17, 15) is 0 Å². The molecule has 0 N–H and O–H groups in total. The monoisotopic (exact) mass is 478 g/mol. The van der Waals surface area contributed by atoms with Crippen molar-refractivity contribution in [1.82, 2.24) is 18.8 Å². The van der Waals surface area contributed by atoms with Crippen molar-refractivity contribution >= 4 is 54.6 Å². The van der Waals surface area contributed by atoms with E-state index < -0.39 is 0 Å². The van der Waals surface area contributed by atoms with Crippen LogP contribution in [0.5, 0.6) is 11.5 Å². The van der Waals surface area contributed by atoms with Crippen molar-refractivity contribution in [1.29, 1.82) is 0 Å². The third kappa shape index (κ3) is 2.85. The molecule has 0 saturated heterocycles. The van der Waals surface area contributed by atoms with E-state index in [-0.39, 0.29) is 0 Å². The summed E-state index contributed by atoms with van der Waals surface area (Å²) < 4.78 is 10.7. The molecule has 4 aromatic carbocycles. The number of hydrogen-bond donors (Lipinski definition) is 0. The topological polar surface area (TPSA) is 43.8 Å². The van der Waals surface area contributed by atoms with Gasteiger partial charge < -0.3 is 4.74 Å². The van der Waals surface area contributed by atoms with Gasteiger partial charge in [0.1, 0.15) is 22.8 Å². The van der Waals surface area contributed by atoms with Crippen LogP contribution in [0.25, 0.3) is 54.6 Å². The molecule has 4 aromatic heterocycles. The Labute approximate surface area is 212 Å². The van der Waals surface area contributed by atoms with Gasteiger partial charge in [-0.15, -0.1) is 0 Å². The molecule has 0 bridgehead atoms. The minimum absolute atomic E-state index is 0.777. The van der Waals surface area contributed by atoms with Gasteiger partial charge >= 0.3 is 0 Å². The van der Waals surface area contributed by atoms with Gasteiger partial charge in [0.15, 0.2) is 0 Å². The molecule has 0 aliphatic carbocycles. The highest BCUT2D eigenvalue weighted by molar-refractivity contribution is 6.13. The van der Waals surface area contributed by atoms with Crippen LogP contribution in [-0.2, 0) is 0 Å². The van der Waals surface area contributed by atoms with E-state index in [1.807, 2.05) is 36.9 Å².